The molecule has 106 valence electrons. The third kappa shape index (κ3) is 3.64. The van der Waals surface area contributed by atoms with Crippen LogP contribution in [0.2, 0.25) is 0 Å². The maximum Gasteiger partial charge on any atom is 0.0701 e. The van der Waals surface area contributed by atoms with Gasteiger partial charge >= 0.3 is 0 Å². The van der Waals surface area contributed by atoms with Gasteiger partial charge in [-0.2, -0.15) is 11.8 Å². The SMILES string of the molecule is CCCCC(NC)C1CCOC2(CCSCC2)C1. The van der Waals surface area contributed by atoms with Crippen molar-refractivity contribution < 1.29 is 4.74 Å². The van der Waals surface area contributed by atoms with Gasteiger partial charge in [0.2, 0.25) is 0 Å². The second-order valence-electron chi connectivity index (χ2n) is 5.93. The number of ether oxygens (including phenoxy) is 1. The largest absolute Gasteiger partial charge is 0.375 e. The predicted octanol–water partition coefficient (Wildman–Crippen LogP) is 3.46. The van der Waals surface area contributed by atoms with E-state index in [0.29, 0.717) is 6.04 Å². The van der Waals surface area contributed by atoms with Crippen LogP contribution in [0.15, 0.2) is 0 Å². The Morgan fingerprint density at radius 3 is 2.83 bits per heavy atom. The van der Waals surface area contributed by atoms with Crippen molar-refractivity contribution in [2.75, 3.05) is 25.2 Å². The average Bonchev–Trinajstić information content (AvgIpc) is 2.41. The van der Waals surface area contributed by atoms with E-state index < -0.39 is 0 Å². The van der Waals surface area contributed by atoms with Crippen molar-refractivity contribution in [3.05, 3.63) is 0 Å². The lowest BCUT2D eigenvalue weighted by Crippen LogP contribution is -2.47. The Morgan fingerprint density at radius 2 is 2.17 bits per heavy atom. The van der Waals surface area contributed by atoms with Crippen LogP contribution in [0.1, 0.15) is 51.9 Å². The summed E-state index contributed by atoms with van der Waals surface area (Å²) < 4.78 is 6.19. The van der Waals surface area contributed by atoms with Crippen LogP contribution in [0.5, 0.6) is 0 Å². The lowest BCUT2D eigenvalue weighted by atomic mass is 9.77. The Balaban J connectivity index is 1.91. The third-order valence-corrected chi connectivity index (χ3v) is 5.73. The molecule has 2 unspecified atom stereocenters. The fourth-order valence-corrected chi connectivity index (χ4v) is 4.78. The molecule has 2 aliphatic rings. The first-order valence-electron chi connectivity index (χ1n) is 7.68. The molecule has 0 bridgehead atoms. The van der Waals surface area contributed by atoms with E-state index in [9.17, 15) is 0 Å². The molecule has 18 heavy (non-hydrogen) atoms. The predicted molar refractivity (Wildman–Crippen MR) is 80.3 cm³/mol. The standard InChI is InChI=1S/C15H29NOS/c1-3-4-5-14(16-2)13-6-9-17-15(12-13)7-10-18-11-8-15/h13-14,16H,3-12H2,1-2H3. The maximum absolute atomic E-state index is 6.19. The van der Waals surface area contributed by atoms with Gasteiger partial charge in [-0.25, -0.2) is 0 Å². The topological polar surface area (TPSA) is 21.3 Å². The van der Waals surface area contributed by atoms with E-state index in [1.165, 1.54) is 56.5 Å². The van der Waals surface area contributed by atoms with Crippen molar-refractivity contribution in [1.29, 1.82) is 0 Å². The summed E-state index contributed by atoms with van der Waals surface area (Å²) in [5.41, 5.74) is 0.246. The van der Waals surface area contributed by atoms with Crippen LogP contribution < -0.4 is 5.32 Å². The molecule has 2 rings (SSSR count). The summed E-state index contributed by atoms with van der Waals surface area (Å²) in [6.07, 6.45) is 9.10. The van der Waals surface area contributed by atoms with Gasteiger partial charge in [0.25, 0.3) is 0 Å². The first-order chi connectivity index (χ1) is 8.79. The third-order valence-electron chi connectivity index (χ3n) is 4.74. The van der Waals surface area contributed by atoms with Crippen molar-refractivity contribution in [3.8, 4) is 0 Å². The van der Waals surface area contributed by atoms with Crippen LogP contribution in [0.3, 0.4) is 0 Å². The molecule has 0 radical (unpaired) electrons. The Hall–Kier alpha value is 0.270. The normalized spacial score (nSPS) is 29.3. The second-order valence-corrected chi connectivity index (χ2v) is 7.16. The van der Waals surface area contributed by atoms with Gasteiger partial charge in [-0.05, 0) is 56.6 Å². The molecule has 0 aromatic carbocycles. The number of hydrogen-bond donors (Lipinski definition) is 1. The fourth-order valence-electron chi connectivity index (χ4n) is 3.54. The number of rotatable bonds is 5. The van der Waals surface area contributed by atoms with Crippen molar-refractivity contribution in [3.63, 3.8) is 0 Å². The average molecular weight is 271 g/mol. The smallest absolute Gasteiger partial charge is 0.0701 e. The van der Waals surface area contributed by atoms with Crippen LogP contribution in [-0.2, 0) is 4.74 Å². The molecular formula is C15H29NOS. The highest BCUT2D eigenvalue weighted by atomic mass is 32.2. The Kier molecular flexibility index (Phi) is 5.84. The minimum atomic E-state index is 0.246. The summed E-state index contributed by atoms with van der Waals surface area (Å²) in [4.78, 5) is 0. The molecule has 2 saturated heterocycles. The van der Waals surface area contributed by atoms with Gasteiger partial charge in [0, 0.05) is 12.6 Å². The van der Waals surface area contributed by atoms with E-state index in [-0.39, 0.29) is 5.60 Å². The molecule has 0 amide bonds. The number of unbranched alkanes of at least 4 members (excludes halogenated alkanes) is 1. The highest BCUT2D eigenvalue weighted by molar-refractivity contribution is 7.99. The van der Waals surface area contributed by atoms with Gasteiger partial charge in [0.1, 0.15) is 0 Å². The van der Waals surface area contributed by atoms with Crippen molar-refractivity contribution in [1.82, 2.24) is 5.32 Å². The molecule has 2 atom stereocenters. The number of nitrogens with one attached hydrogen (secondary N) is 1. The summed E-state index contributed by atoms with van der Waals surface area (Å²) in [6, 6.07) is 0.709. The highest BCUT2D eigenvalue weighted by Gasteiger charge is 2.40. The van der Waals surface area contributed by atoms with Gasteiger partial charge in [0.05, 0.1) is 5.60 Å². The van der Waals surface area contributed by atoms with E-state index in [2.05, 4.69) is 31.1 Å². The summed E-state index contributed by atoms with van der Waals surface area (Å²) in [5.74, 6) is 3.43. The van der Waals surface area contributed by atoms with Crippen molar-refractivity contribution in [2.24, 2.45) is 5.92 Å². The molecule has 1 N–H and O–H groups in total. The fraction of sp³-hybridized carbons (Fsp3) is 1.00. The molecule has 1 spiro atoms. The molecule has 0 aliphatic carbocycles. The summed E-state index contributed by atoms with van der Waals surface area (Å²) in [6.45, 7) is 3.27. The maximum atomic E-state index is 6.19. The van der Waals surface area contributed by atoms with E-state index in [1.54, 1.807) is 0 Å². The second kappa shape index (κ2) is 7.16. The lowest BCUT2D eigenvalue weighted by Gasteiger charge is -2.45. The van der Waals surface area contributed by atoms with Crippen LogP contribution in [0, 0.1) is 5.92 Å². The van der Waals surface area contributed by atoms with E-state index >= 15 is 0 Å². The first-order valence-corrected chi connectivity index (χ1v) is 8.84. The number of thioether (sulfide) groups is 1. The zero-order valence-electron chi connectivity index (χ0n) is 12.0. The van der Waals surface area contributed by atoms with Crippen LogP contribution >= 0.6 is 11.8 Å². The zero-order chi connectivity index (χ0) is 12.8. The summed E-state index contributed by atoms with van der Waals surface area (Å²) >= 11 is 2.10. The Morgan fingerprint density at radius 1 is 1.39 bits per heavy atom. The molecule has 2 heterocycles. The van der Waals surface area contributed by atoms with Gasteiger partial charge < -0.3 is 10.1 Å². The molecule has 2 aliphatic heterocycles. The van der Waals surface area contributed by atoms with Gasteiger partial charge in [0.15, 0.2) is 0 Å². The molecule has 3 heteroatoms. The van der Waals surface area contributed by atoms with Gasteiger partial charge in [-0.15, -0.1) is 0 Å². The van der Waals surface area contributed by atoms with Crippen molar-refractivity contribution >= 4 is 11.8 Å². The van der Waals surface area contributed by atoms with Gasteiger partial charge in [-0.3, -0.25) is 0 Å². The number of hydrogen-bond acceptors (Lipinski definition) is 3. The van der Waals surface area contributed by atoms with Gasteiger partial charge in [-0.1, -0.05) is 19.8 Å². The summed E-state index contributed by atoms with van der Waals surface area (Å²) in [7, 11) is 2.14. The highest BCUT2D eigenvalue weighted by Crippen LogP contribution is 2.41. The first kappa shape index (κ1) is 14.7. The molecule has 0 aromatic heterocycles. The zero-order valence-corrected chi connectivity index (χ0v) is 12.9. The molecule has 2 fully saturated rings. The van der Waals surface area contributed by atoms with Crippen LogP contribution in [-0.4, -0.2) is 36.8 Å². The minimum absolute atomic E-state index is 0.246. The van der Waals surface area contributed by atoms with Crippen LogP contribution in [0.4, 0.5) is 0 Å². The molecule has 0 aromatic rings. The quantitative estimate of drug-likeness (QED) is 0.827. The summed E-state index contributed by atoms with van der Waals surface area (Å²) in [5, 5.41) is 3.57. The molecular weight excluding hydrogens is 242 g/mol. The monoisotopic (exact) mass is 271 g/mol. The Bertz CT molecular complexity index is 235. The van der Waals surface area contributed by atoms with Crippen molar-refractivity contribution in [2.45, 2.75) is 63.5 Å². The van der Waals surface area contributed by atoms with E-state index in [1.807, 2.05) is 0 Å². The van der Waals surface area contributed by atoms with E-state index in [4.69, 9.17) is 4.74 Å². The van der Waals surface area contributed by atoms with Crippen LogP contribution in [0.25, 0.3) is 0 Å². The molecule has 2 nitrogen and oxygen atoms in total. The molecule has 0 saturated carbocycles. The minimum Gasteiger partial charge on any atom is -0.375 e. The lowest BCUT2D eigenvalue weighted by molar-refractivity contribution is -0.107. The van der Waals surface area contributed by atoms with E-state index in [0.717, 1.165) is 12.5 Å². The Labute approximate surface area is 117 Å².